The van der Waals surface area contributed by atoms with Gasteiger partial charge in [0.05, 0.1) is 4.88 Å². The van der Waals surface area contributed by atoms with Crippen LogP contribution in [0.4, 0.5) is 28.8 Å². The van der Waals surface area contributed by atoms with Gasteiger partial charge in [0.2, 0.25) is 0 Å². The third-order valence-corrected chi connectivity index (χ3v) is 4.00. The maximum absolute atomic E-state index is 12.1. The SMILES string of the molecule is O=C(Nc1ccc(OC(F)(F)F)cc1)Nc1ncc(-c2ccncc2)s1. The van der Waals surface area contributed by atoms with Crippen LogP contribution in [-0.2, 0) is 0 Å². The van der Waals surface area contributed by atoms with E-state index in [0.29, 0.717) is 10.8 Å². The molecule has 6 nitrogen and oxygen atoms in total. The predicted octanol–water partition coefficient (Wildman–Crippen LogP) is 4.75. The van der Waals surface area contributed by atoms with Crippen LogP contribution in [0, 0.1) is 0 Å². The first kappa shape index (κ1) is 17.7. The van der Waals surface area contributed by atoms with E-state index in [1.165, 1.54) is 23.5 Å². The van der Waals surface area contributed by atoms with Gasteiger partial charge in [-0.2, -0.15) is 0 Å². The molecule has 0 unspecified atom stereocenters. The van der Waals surface area contributed by atoms with Crippen LogP contribution in [0.5, 0.6) is 5.75 Å². The molecule has 2 amide bonds. The molecule has 3 rings (SSSR count). The van der Waals surface area contributed by atoms with Crippen molar-refractivity contribution in [2.45, 2.75) is 6.36 Å². The number of hydrogen-bond donors (Lipinski definition) is 2. The zero-order chi connectivity index (χ0) is 18.6. The number of benzene rings is 1. The highest BCUT2D eigenvalue weighted by molar-refractivity contribution is 7.19. The van der Waals surface area contributed by atoms with Gasteiger partial charge in [0.25, 0.3) is 0 Å². The highest BCUT2D eigenvalue weighted by Gasteiger charge is 2.30. The highest BCUT2D eigenvalue weighted by atomic mass is 32.1. The summed E-state index contributed by atoms with van der Waals surface area (Å²) in [6.07, 6.45) is 0.171. The lowest BCUT2D eigenvalue weighted by Gasteiger charge is -2.10. The Bertz CT molecular complexity index is 883. The van der Waals surface area contributed by atoms with E-state index in [2.05, 4.69) is 25.3 Å². The van der Waals surface area contributed by atoms with Gasteiger partial charge >= 0.3 is 12.4 Å². The fourth-order valence-electron chi connectivity index (χ4n) is 1.98. The van der Waals surface area contributed by atoms with E-state index >= 15 is 0 Å². The molecule has 2 aromatic heterocycles. The topological polar surface area (TPSA) is 76.1 Å². The lowest BCUT2D eigenvalue weighted by molar-refractivity contribution is -0.274. The molecule has 3 aromatic rings. The average Bonchev–Trinajstić information content (AvgIpc) is 3.04. The molecule has 0 aliphatic carbocycles. The molecular formula is C16H11F3N4O2S. The number of carbonyl (C=O) groups excluding carboxylic acids is 1. The molecule has 134 valence electrons. The Morgan fingerprint density at radius 2 is 1.73 bits per heavy atom. The van der Waals surface area contributed by atoms with Crippen LogP contribution in [0.25, 0.3) is 10.4 Å². The van der Waals surface area contributed by atoms with Gasteiger partial charge < -0.3 is 10.1 Å². The molecule has 10 heteroatoms. The minimum atomic E-state index is -4.76. The normalized spacial score (nSPS) is 11.0. The van der Waals surface area contributed by atoms with Crippen LogP contribution in [0.15, 0.2) is 55.0 Å². The van der Waals surface area contributed by atoms with Gasteiger partial charge in [-0.05, 0) is 42.0 Å². The first-order chi connectivity index (χ1) is 12.4. The van der Waals surface area contributed by atoms with Crippen LogP contribution in [0.1, 0.15) is 0 Å². The zero-order valence-electron chi connectivity index (χ0n) is 12.9. The molecule has 0 fully saturated rings. The Morgan fingerprint density at radius 3 is 2.38 bits per heavy atom. The van der Waals surface area contributed by atoms with Gasteiger partial charge in [-0.25, -0.2) is 9.78 Å². The molecule has 2 N–H and O–H groups in total. The minimum absolute atomic E-state index is 0.308. The van der Waals surface area contributed by atoms with E-state index in [4.69, 9.17) is 0 Å². The number of amides is 2. The summed E-state index contributed by atoms with van der Waals surface area (Å²) in [5.41, 5.74) is 1.23. The summed E-state index contributed by atoms with van der Waals surface area (Å²) in [5, 5.41) is 5.44. The molecule has 0 spiro atoms. The number of urea groups is 1. The van der Waals surface area contributed by atoms with Gasteiger partial charge in [0.15, 0.2) is 5.13 Å². The van der Waals surface area contributed by atoms with Crippen LogP contribution in [-0.4, -0.2) is 22.4 Å². The van der Waals surface area contributed by atoms with Crippen molar-refractivity contribution in [2.24, 2.45) is 0 Å². The number of aromatic nitrogens is 2. The molecular weight excluding hydrogens is 369 g/mol. The number of ether oxygens (including phenoxy) is 1. The first-order valence-corrected chi connectivity index (χ1v) is 8.01. The number of alkyl halides is 3. The van der Waals surface area contributed by atoms with Crippen LogP contribution < -0.4 is 15.4 Å². The third-order valence-electron chi connectivity index (χ3n) is 3.04. The van der Waals surface area contributed by atoms with Crippen molar-refractivity contribution in [3.63, 3.8) is 0 Å². The Labute approximate surface area is 149 Å². The van der Waals surface area contributed by atoms with Gasteiger partial charge in [0.1, 0.15) is 5.75 Å². The van der Waals surface area contributed by atoms with E-state index in [9.17, 15) is 18.0 Å². The lowest BCUT2D eigenvalue weighted by Crippen LogP contribution is -2.19. The zero-order valence-corrected chi connectivity index (χ0v) is 13.8. The Balaban J connectivity index is 1.58. The van der Waals surface area contributed by atoms with E-state index in [1.54, 1.807) is 18.6 Å². The molecule has 1 aromatic carbocycles. The summed E-state index contributed by atoms with van der Waals surface area (Å²) in [7, 11) is 0. The lowest BCUT2D eigenvalue weighted by atomic mass is 10.2. The molecule has 0 aliphatic rings. The van der Waals surface area contributed by atoms with E-state index in [0.717, 1.165) is 22.6 Å². The largest absolute Gasteiger partial charge is 0.573 e. The van der Waals surface area contributed by atoms with Gasteiger partial charge in [-0.3, -0.25) is 10.3 Å². The number of pyridine rings is 1. The number of halogens is 3. The van der Waals surface area contributed by atoms with Gasteiger partial charge in [0, 0.05) is 24.3 Å². The van der Waals surface area contributed by atoms with Crippen LogP contribution in [0.2, 0.25) is 0 Å². The number of anilines is 2. The monoisotopic (exact) mass is 380 g/mol. The summed E-state index contributed by atoms with van der Waals surface area (Å²) in [4.78, 5) is 20.9. The van der Waals surface area contributed by atoms with Gasteiger partial charge in [-0.1, -0.05) is 11.3 Å². The second-order valence-electron chi connectivity index (χ2n) is 4.92. The Kier molecular flexibility index (Phi) is 5.03. The Morgan fingerprint density at radius 1 is 1.04 bits per heavy atom. The molecule has 0 aliphatic heterocycles. The van der Waals surface area contributed by atoms with E-state index in [1.807, 2.05) is 12.1 Å². The van der Waals surface area contributed by atoms with Crippen molar-refractivity contribution in [3.05, 3.63) is 55.0 Å². The number of rotatable bonds is 4. The fourth-order valence-corrected chi connectivity index (χ4v) is 2.80. The number of carbonyl (C=O) groups is 1. The van der Waals surface area contributed by atoms with Crippen molar-refractivity contribution in [1.29, 1.82) is 0 Å². The van der Waals surface area contributed by atoms with Crippen LogP contribution in [0.3, 0.4) is 0 Å². The van der Waals surface area contributed by atoms with Gasteiger partial charge in [-0.15, -0.1) is 13.2 Å². The number of thiazole rings is 1. The average molecular weight is 380 g/mol. The van der Waals surface area contributed by atoms with Crippen molar-refractivity contribution in [3.8, 4) is 16.2 Å². The molecule has 0 saturated carbocycles. The molecule has 0 saturated heterocycles. The summed E-state index contributed by atoms with van der Waals surface area (Å²) in [6.45, 7) is 0. The molecule has 0 atom stereocenters. The third kappa shape index (κ3) is 4.93. The number of nitrogens with one attached hydrogen (secondary N) is 2. The standard InChI is InChI=1S/C16H11F3N4O2S/c17-16(18,19)25-12-3-1-11(2-4-12)22-14(24)23-15-21-9-13(26-15)10-5-7-20-8-6-10/h1-9H,(H2,21,22,23,24). The second kappa shape index (κ2) is 7.40. The van der Waals surface area contributed by atoms with Crippen molar-refractivity contribution in [1.82, 2.24) is 9.97 Å². The maximum Gasteiger partial charge on any atom is 0.573 e. The molecule has 0 bridgehead atoms. The van der Waals surface area contributed by atoms with E-state index in [-0.39, 0.29) is 5.75 Å². The smallest absolute Gasteiger partial charge is 0.406 e. The molecule has 2 heterocycles. The summed E-state index contributed by atoms with van der Waals surface area (Å²) in [6, 6.07) is 7.88. The van der Waals surface area contributed by atoms with Crippen molar-refractivity contribution in [2.75, 3.05) is 10.6 Å². The van der Waals surface area contributed by atoms with Crippen LogP contribution >= 0.6 is 11.3 Å². The minimum Gasteiger partial charge on any atom is -0.406 e. The highest BCUT2D eigenvalue weighted by Crippen LogP contribution is 2.28. The number of nitrogens with zero attached hydrogens (tertiary/aromatic N) is 2. The number of hydrogen-bond acceptors (Lipinski definition) is 5. The first-order valence-electron chi connectivity index (χ1n) is 7.19. The summed E-state index contributed by atoms with van der Waals surface area (Å²) in [5.74, 6) is -0.370. The van der Waals surface area contributed by atoms with E-state index < -0.39 is 12.4 Å². The quantitative estimate of drug-likeness (QED) is 0.685. The van der Waals surface area contributed by atoms with Crippen molar-refractivity contribution < 1.29 is 22.7 Å². The predicted molar refractivity (Wildman–Crippen MR) is 91.1 cm³/mol. The maximum atomic E-state index is 12.1. The molecule has 0 radical (unpaired) electrons. The summed E-state index contributed by atoms with van der Waals surface area (Å²) >= 11 is 1.28. The molecule has 26 heavy (non-hydrogen) atoms. The van der Waals surface area contributed by atoms with Crippen molar-refractivity contribution >= 4 is 28.2 Å². The Hall–Kier alpha value is -3.14. The summed E-state index contributed by atoms with van der Waals surface area (Å²) < 4.78 is 40.1. The second-order valence-corrected chi connectivity index (χ2v) is 5.95. The fraction of sp³-hybridized carbons (Fsp3) is 0.0625.